The maximum Gasteiger partial charge on any atom is 0.229 e. The van der Waals surface area contributed by atoms with Gasteiger partial charge in [-0.05, 0) is 48.4 Å². The molecular formula is C26H29ClN4O3S. The molecule has 0 unspecified atom stereocenters. The molecule has 4 heterocycles. The first kappa shape index (κ1) is 23.2. The molecular weight excluding hydrogens is 484 g/mol. The van der Waals surface area contributed by atoms with Crippen LogP contribution in [-0.2, 0) is 9.53 Å². The predicted molar refractivity (Wildman–Crippen MR) is 140 cm³/mol. The van der Waals surface area contributed by atoms with E-state index in [-0.39, 0.29) is 17.4 Å². The van der Waals surface area contributed by atoms with Crippen molar-refractivity contribution < 1.29 is 14.6 Å². The summed E-state index contributed by atoms with van der Waals surface area (Å²) in [7, 11) is 0. The molecule has 1 aromatic carbocycles. The van der Waals surface area contributed by atoms with Gasteiger partial charge in [0.05, 0.1) is 35.6 Å². The van der Waals surface area contributed by atoms with E-state index in [0.29, 0.717) is 30.0 Å². The van der Waals surface area contributed by atoms with Gasteiger partial charge < -0.3 is 20.1 Å². The number of benzene rings is 1. The summed E-state index contributed by atoms with van der Waals surface area (Å²) in [5.74, 6) is 0.959. The number of fused-ring (bicyclic) bond motifs is 1. The van der Waals surface area contributed by atoms with Gasteiger partial charge in [-0.2, -0.15) is 0 Å². The number of anilines is 2. The van der Waals surface area contributed by atoms with Gasteiger partial charge in [0.1, 0.15) is 5.82 Å². The summed E-state index contributed by atoms with van der Waals surface area (Å²) >= 11 is 8.39. The maximum absolute atomic E-state index is 12.8. The Balaban J connectivity index is 1.15. The molecule has 35 heavy (non-hydrogen) atoms. The van der Waals surface area contributed by atoms with Crippen LogP contribution in [0.2, 0.25) is 5.02 Å². The minimum Gasteiger partial charge on any atom is -0.389 e. The van der Waals surface area contributed by atoms with Crippen LogP contribution >= 0.6 is 22.9 Å². The lowest BCUT2D eigenvalue weighted by Crippen LogP contribution is -2.60. The van der Waals surface area contributed by atoms with Crippen LogP contribution in [0.3, 0.4) is 0 Å². The van der Waals surface area contributed by atoms with Crippen LogP contribution in [-0.4, -0.2) is 71.9 Å². The van der Waals surface area contributed by atoms with E-state index in [0.717, 1.165) is 49.1 Å². The van der Waals surface area contributed by atoms with Crippen LogP contribution in [0.4, 0.5) is 11.5 Å². The number of aliphatic hydroxyl groups excluding tert-OH is 1. The fourth-order valence-electron chi connectivity index (χ4n) is 5.40. The fraction of sp³-hybridized carbons (Fsp3) is 0.462. The first-order valence-corrected chi connectivity index (χ1v) is 13.4. The third-order valence-corrected chi connectivity index (χ3v) is 9.11. The van der Waals surface area contributed by atoms with E-state index in [1.165, 1.54) is 4.88 Å². The number of thiophene rings is 1. The zero-order chi connectivity index (χ0) is 24.2. The van der Waals surface area contributed by atoms with E-state index in [1.54, 1.807) is 17.5 Å². The number of ether oxygens (including phenoxy) is 1. The van der Waals surface area contributed by atoms with E-state index in [4.69, 9.17) is 16.3 Å². The molecule has 1 aliphatic carbocycles. The molecule has 184 valence electrons. The molecule has 3 fully saturated rings. The van der Waals surface area contributed by atoms with Crippen molar-refractivity contribution in [2.45, 2.75) is 30.9 Å². The number of carbonyl (C=O) groups excluding carboxylic acids is 1. The topological polar surface area (TPSA) is 77.9 Å². The molecule has 0 radical (unpaired) electrons. The van der Waals surface area contributed by atoms with Gasteiger partial charge in [0.2, 0.25) is 5.91 Å². The molecule has 1 amide bonds. The third-order valence-electron chi connectivity index (χ3n) is 7.81. The van der Waals surface area contributed by atoms with E-state index >= 15 is 0 Å². The van der Waals surface area contributed by atoms with Crippen LogP contribution in [0.25, 0.3) is 10.8 Å². The van der Waals surface area contributed by atoms with Gasteiger partial charge in [-0.15, -0.1) is 11.3 Å². The number of hydrogen-bond acceptors (Lipinski definition) is 7. The summed E-state index contributed by atoms with van der Waals surface area (Å²) in [6.07, 6.45) is 2.20. The monoisotopic (exact) mass is 512 g/mol. The molecule has 6 rings (SSSR count). The van der Waals surface area contributed by atoms with Gasteiger partial charge in [-0.1, -0.05) is 17.7 Å². The molecule has 2 aromatic heterocycles. The zero-order valence-electron chi connectivity index (χ0n) is 19.6. The van der Waals surface area contributed by atoms with E-state index < -0.39 is 6.10 Å². The summed E-state index contributed by atoms with van der Waals surface area (Å²) < 4.78 is 5.52. The number of nitrogens with zero attached hydrogens (tertiary/aromatic N) is 3. The van der Waals surface area contributed by atoms with Crippen LogP contribution in [0.5, 0.6) is 0 Å². The number of aliphatic hydroxyl groups is 1. The first-order chi connectivity index (χ1) is 16.9. The van der Waals surface area contributed by atoms with Crippen molar-refractivity contribution in [1.29, 1.82) is 0 Å². The van der Waals surface area contributed by atoms with Crippen molar-refractivity contribution in [3.05, 3.63) is 51.8 Å². The molecule has 0 spiro atoms. The van der Waals surface area contributed by atoms with Crippen molar-refractivity contribution in [3.8, 4) is 0 Å². The van der Waals surface area contributed by atoms with Gasteiger partial charge in [-0.3, -0.25) is 9.69 Å². The average molecular weight is 513 g/mol. The smallest absolute Gasteiger partial charge is 0.229 e. The predicted octanol–water partition coefficient (Wildman–Crippen LogP) is 3.96. The highest BCUT2D eigenvalue weighted by atomic mass is 35.5. The molecule has 4 atom stereocenters. The Bertz CT molecular complexity index is 1250. The molecule has 1 saturated carbocycles. The number of nitrogens with one attached hydrogen (secondary N) is 1. The van der Waals surface area contributed by atoms with Crippen molar-refractivity contribution >= 4 is 51.1 Å². The Kier molecular flexibility index (Phi) is 5.97. The number of carbonyl (C=O) groups is 1. The number of rotatable bonds is 5. The number of hydrogen-bond donors (Lipinski definition) is 2. The number of pyridine rings is 1. The molecule has 0 bridgehead atoms. The highest BCUT2D eigenvalue weighted by molar-refractivity contribution is 7.10. The van der Waals surface area contributed by atoms with Crippen LogP contribution in [0, 0.1) is 5.92 Å². The summed E-state index contributed by atoms with van der Waals surface area (Å²) in [6.45, 7) is 6.32. The third kappa shape index (κ3) is 4.32. The minimum absolute atomic E-state index is 0.0221. The minimum atomic E-state index is -0.462. The standard InChI is InChI=1S/C26H29ClN4O3S/c1-26(15-34-14-23(26)32)31-6-4-30(5-7-31)21-10-16-11-24(28-13-17(16)9-20(21)27)29-25(33)19-12-18(19)22-3-2-8-35-22/h2-3,8-11,13,18-19,23,32H,4-7,12,14-15H2,1H3,(H,28,29,33)/t18-,19-,23-,26+/m1/s1. The van der Waals surface area contributed by atoms with Crippen molar-refractivity contribution in [2.24, 2.45) is 5.92 Å². The van der Waals surface area contributed by atoms with E-state index in [2.05, 4.69) is 44.5 Å². The van der Waals surface area contributed by atoms with Gasteiger partial charge in [0, 0.05) is 54.5 Å². The lowest BCUT2D eigenvalue weighted by Gasteiger charge is -2.45. The molecule has 2 aliphatic heterocycles. The summed E-state index contributed by atoms with van der Waals surface area (Å²) in [5.41, 5.74) is 0.651. The Morgan fingerprint density at radius 1 is 1.26 bits per heavy atom. The van der Waals surface area contributed by atoms with Gasteiger partial charge in [0.25, 0.3) is 0 Å². The highest BCUT2D eigenvalue weighted by Gasteiger charge is 2.45. The van der Waals surface area contributed by atoms with Crippen LogP contribution < -0.4 is 10.2 Å². The van der Waals surface area contributed by atoms with E-state index in [1.807, 2.05) is 18.2 Å². The largest absolute Gasteiger partial charge is 0.389 e. The van der Waals surface area contributed by atoms with Crippen LogP contribution in [0.1, 0.15) is 24.1 Å². The Morgan fingerprint density at radius 2 is 2.09 bits per heavy atom. The maximum atomic E-state index is 12.8. The van der Waals surface area contributed by atoms with Crippen LogP contribution in [0.15, 0.2) is 41.9 Å². The SMILES string of the molecule is C[C@]1(N2CCN(c3cc4cc(NC(=O)[C@@H]5C[C@H]5c5cccs5)ncc4cc3Cl)CC2)COC[C@H]1O. The second-order valence-electron chi connectivity index (χ2n) is 10.0. The lowest BCUT2D eigenvalue weighted by molar-refractivity contribution is -0.117. The van der Waals surface area contributed by atoms with Gasteiger partial charge >= 0.3 is 0 Å². The fourth-order valence-corrected chi connectivity index (χ4v) is 6.60. The van der Waals surface area contributed by atoms with Crippen molar-refractivity contribution in [1.82, 2.24) is 9.88 Å². The molecule has 7 nitrogen and oxygen atoms in total. The summed E-state index contributed by atoms with van der Waals surface area (Å²) in [5, 5.41) is 18.1. The average Bonchev–Trinajstić information content (AvgIpc) is 3.32. The normalized spacial score (nSPS) is 29.0. The molecule has 2 N–H and O–H groups in total. The van der Waals surface area contributed by atoms with Crippen molar-refractivity contribution in [3.63, 3.8) is 0 Å². The molecule has 3 aliphatic rings. The van der Waals surface area contributed by atoms with Gasteiger partial charge in [-0.25, -0.2) is 4.98 Å². The van der Waals surface area contributed by atoms with Crippen molar-refractivity contribution in [2.75, 3.05) is 49.6 Å². The Hall–Kier alpha value is -2.23. The Morgan fingerprint density at radius 3 is 2.80 bits per heavy atom. The second kappa shape index (κ2) is 9.01. The lowest BCUT2D eigenvalue weighted by atomic mass is 9.95. The number of halogens is 1. The molecule has 3 aromatic rings. The summed E-state index contributed by atoms with van der Waals surface area (Å²) in [4.78, 5) is 23.1. The highest BCUT2D eigenvalue weighted by Crippen LogP contribution is 2.49. The first-order valence-electron chi connectivity index (χ1n) is 12.1. The number of piperazine rings is 1. The molecule has 9 heteroatoms. The number of amides is 1. The molecule has 2 saturated heterocycles. The second-order valence-corrected chi connectivity index (χ2v) is 11.4. The zero-order valence-corrected chi connectivity index (χ0v) is 21.2. The number of aromatic nitrogens is 1. The van der Waals surface area contributed by atoms with E-state index in [9.17, 15) is 9.90 Å². The van der Waals surface area contributed by atoms with Gasteiger partial charge in [0.15, 0.2) is 0 Å². The summed E-state index contributed by atoms with van der Waals surface area (Å²) in [6, 6.07) is 10.1. The Labute approximate surface area is 213 Å². The quantitative estimate of drug-likeness (QED) is 0.539.